The average Bonchev–Trinajstić information content (AvgIpc) is 3.34. The molecule has 39 heavy (non-hydrogen) atoms. The maximum absolute atomic E-state index is 13.4. The van der Waals surface area contributed by atoms with E-state index in [-0.39, 0.29) is 23.9 Å². The molecule has 1 aromatic heterocycles. The number of nitrogens with zero attached hydrogens (tertiary/aromatic N) is 2. The van der Waals surface area contributed by atoms with Crippen molar-refractivity contribution in [2.24, 2.45) is 0 Å². The SMILES string of the molecule is C=CCC1(n2cn[nH]c2=O)CCC(CO[C@H](C)c2cc(C(F)(F)F)cc(C(F)(F)F)c2)(c2ccccc2)CC1. The predicted octanol–water partition coefficient (Wildman–Crippen LogP) is 7.17. The zero-order chi connectivity index (χ0) is 28.5. The molecule has 0 unspecified atom stereocenters. The first kappa shape index (κ1) is 28.7. The molecule has 5 nitrogen and oxygen atoms in total. The number of hydrogen-bond donors (Lipinski definition) is 1. The van der Waals surface area contributed by atoms with Crippen LogP contribution in [0.2, 0.25) is 0 Å². The first-order valence-corrected chi connectivity index (χ1v) is 12.5. The molecule has 1 saturated carbocycles. The van der Waals surface area contributed by atoms with Gasteiger partial charge in [0.05, 0.1) is 29.4 Å². The third kappa shape index (κ3) is 5.98. The largest absolute Gasteiger partial charge is 0.416 e. The molecule has 0 bridgehead atoms. The van der Waals surface area contributed by atoms with Gasteiger partial charge in [-0.2, -0.15) is 31.4 Å². The maximum Gasteiger partial charge on any atom is 0.416 e. The molecule has 1 aliphatic rings. The van der Waals surface area contributed by atoms with Crippen molar-refractivity contribution in [3.8, 4) is 0 Å². The number of hydrogen-bond acceptors (Lipinski definition) is 3. The summed E-state index contributed by atoms with van der Waals surface area (Å²) >= 11 is 0. The van der Waals surface area contributed by atoms with Crippen LogP contribution in [0, 0.1) is 0 Å². The van der Waals surface area contributed by atoms with Crippen LogP contribution in [0.25, 0.3) is 0 Å². The predicted molar refractivity (Wildman–Crippen MR) is 133 cm³/mol. The Morgan fingerprint density at radius 3 is 2.10 bits per heavy atom. The normalized spacial score (nSPS) is 22.9. The lowest BCUT2D eigenvalue weighted by Gasteiger charge is -2.47. The minimum atomic E-state index is -4.94. The fourth-order valence-electron chi connectivity index (χ4n) is 5.49. The van der Waals surface area contributed by atoms with Crippen molar-refractivity contribution in [3.05, 3.63) is 100 Å². The second-order valence-corrected chi connectivity index (χ2v) is 10.2. The zero-order valence-electron chi connectivity index (χ0n) is 21.3. The van der Waals surface area contributed by atoms with Crippen molar-refractivity contribution in [3.63, 3.8) is 0 Å². The first-order chi connectivity index (χ1) is 18.3. The van der Waals surface area contributed by atoms with E-state index in [4.69, 9.17) is 4.74 Å². The molecule has 1 atom stereocenters. The highest BCUT2D eigenvalue weighted by Gasteiger charge is 2.45. The van der Waals surface area contributed by atoms with Crippen LogP contribution >= 0.6 is 0 Å². The van der Waals surface area contributed by atoms with Crippen LogP contribution in [0.1, 0.15) is 67.4 Å². The summed E-state index contributed by atoms with van der Waals surface area (Å²) in [5.41, 5.74) is -3.47. The molecule has 1 N–H and O–H groups in total. The molecule has 3 aromatic rings. The number of halogens is 6. The Kier molecular flexibility index (Phi) is 7.84. The Bertz CT molecular complexity index is 1300. The van der Waals surface area contributed by atoms with E-state index in [2.05, 4.69) is 16.8 Å². The van der Waals surface area contributed by atoms with Crippen molar-refractivity contribution in [1.29, 1.82) is 0 Å². The van der Waals surface area contributed by atoms with E-state index in [9.17, 15) is 31.1 Å². The van der Waals surface area contributed by atoms with Crippen molar-refractivity contribution in [2.75, 3.05) is 6.61 Å². The Balaban J connectivity index is 1.63. The summed E-state index contributed by atoms with van der Waals surface area (Å²) in [6.45, 7) is 5.36. The number of ether oxygens (including phenoxy) is 1. The molecule has 0 radical (unpaired) electrons. The number of allylic oxidation sites excluding steroid dienone is 1. The summed E-state index contributed by atoms with van der Waals surface area (Å²) in [5.74, 6) is 0. The Morgan fingerprint density at radius 1 is 1.03 bits per heavy atom. The van der Waals surface area contributed by atoms with Gasteiger partial charge >= 0.3 is 18.0 Å². The van der Waals surface area contributed by atoms with Gasteiger partial charge in [0.2, 0.25) is 0 Å². The number of nitrogens with one attached hydrogen (secondary N) is 1. The summed E-state index contributed by atoms with van der Waals surface area (Å²) in [5, 5.41) is 6.29. The van der Waals surface area contributed by atoms with Gasteiger partial charge in [-0.25, -0.2) is 9.89 Å². The van der Waals surface area contributed by atoms with Gasteiger partial charge in [-0.15, -0.1) is 6.58 Å². The fraction of sp³-hybridized carbons (Fsp3) is 0.429. The van der Waals surface area contributed by atoms with E-state index in [1.807, 2.05) is 30.3 Å². The molecule has 1 fully saturated rings. The smallest absolute Gasteiger partial charge is 0.373 e. The van der Waals surface area contributed by atoms with E-state index >= 15 is 0 Å². The average molecular weight is 554 g/mol. The molecule has 4 rings (SSSR count). The summed E-state index contributed by atoms with van der Waals surface area (Å²) in [6, 6.07) is 11.0. The molecule has 210 valence electrons. The topological polar surface area (TPSA) is 59.9 Å². The van der Waals surface area contributed by atoms with E-state index < -0.39 is 40.5 Å². The van der Waals surface area contributed by atoms with Gasteiger partial charge in [-0.3, -0.25) is 4.57 Å². The van der Waals surface area contributed by atoms with Gasteiger partial charge in [0.15, 0.2) is 0 Å². The van der Waals surface area contributed by atoms with Gasteiger partial charge in [-0.1, -0.05) is 36.4 Å². The fourth-order valence-corrected chi connectivity index (χ4v) is 5.49. The van der Waals surface area contributed by atoms with Gasteiger partial charge in [0.1, 0.15) is 6.33 Å². The highest BCUT2D eigenvalue weighted by atomic mass is 19.4. The van der Waals surface area contributed by atoms with Crippen molar-refractivity contribution < 1.29 is 31.1 Å². The van der Waals surface area contributed by atoms with Crippen LogP contribution < -0.4 is 5.69 Å². The van der Waals surface area contributed by atoms with Crippen molar-refractivity contribution in [2.45, 2.75) is 68.4 Å². The number of H-pyrrole nitrogens is 1. The number of benzene rings is 2. The minimum absolute atomic E-state index is 0.0697. The zero-order valence-corrected chi connectivity index (χ0v) is 21.3. The third-order valence-corrected chi connectivity index (χ3v) is 7.80. The molecular weight excluding hydrogens is 524 g/mol. The first-order valence-electron chi connectivity index (χ1n) is 12.5. The van der Waals surface area contributed by atoms with Gasteiger partial charge in [-0.05, 0) is 68.4 Å². The molecule has 1 aliphatic carbocycles. The molecule has 2 aromatic carbocycles. The monoisotopic (exact) mass is 553 g/mol. The summed E-state index contributed by atoms with van der Waals surface area (Å²) in [7, 11) is 0. The van der Waals surface area contributed by atoms with Crippen LogP contribution in [0.3, 0.4) is 0 Å². The lowest BCUT2D eigenvalue weighted by molar-refractivity contribution is -0.143. The maximum atomic E-state index is 13.4. The molecule has 1 heterocycles. The standard InChI is InChI=1S/C28H29F6N3O2/c1-3-9-26(37-18-35-36-24(37)38)12-10-25(11-13-26,21-7-5-4-6-8-21)17-39-19(2)20-14-22(27(29,30)31)16-23(15-20)28(32,33)34/h3-8,14-16,18-19H,1,9-13,17H2,2H3,(H,36,38)/t19-,25?,26?/m1/s1. The van der Waals surface area contributed by atoms with E-state index in [1.54, 1.807) is 10.6 Å². The minimum Gasteiger partial charge on any atom is -0.373 e. The highest BCUT2D eigenvalue weighted by molar-refractivity contribution is 5.35. The van der Waals surface area contributed by atoms with Crippen LogP contribution in [0.5, 0.6) is 0 Å². The number of rotatable bonds is 8. The number of alkyl halides is 6. The lowest BCUT2D eigenvalue weighted by atomic mass is 9.63. The van der Waals surface area contributed by atoms with Crippen molar-refractivity contribution in [1.82, 2.24) is 14.8 Å². The quantitative estimate of drug-likeness (QED) is 0.238. The number of aromatic nitrogens is 3. The summed E-state index contributed by atoms with van der Waals surface area (Å²) < 4.78 is 88.0. The Hall–Kier alpha value is -3.34. The number of aromatic amines is 1. The van der Waals surface area contributed by atoms with Gasteiger partial charge in [0.25, 0.3) is 0 Å². The molecule has 11 heteroatoms. The second kappa shape index (κ2) is 10.7. The van der Waals surface area contributed by atoms with Crippen molar-refractivity contribution >= 4 is 0 Å². The van der Waals surface area contributed by atoms with Crippen LogP contribution in [0.15, 0.2) is 72.3 Å². The molecular formula is C28H29F6N3O2. The third-order valence-electron chi connectivity index (χ3n) is 7.80. The van der Waals surface area contributed by atoms with Crippen LogP contribution in [-0.2, 0) is 28.0 Å². The van der Waals surface area contributed by atoms with E-state index in [0.717, 1.165) is 5.56 Å². The molecule has 0 aliphatic heterocycles. The molecule has 0 spiro atoms. The van der Waals surface area contributed by atoms with Crippen LogP contribution in [0.4, 0.5) is 26.3 Å². The summed E-state index contributed by atoms with van der Waals surface area (Å²) in [6.07, 6.45) is -4.93. The van der Waals surface area contributed by atoms with E-state index in [1.165, 1.54) is 13.3 Å². The lowest BCUT2D eigenvalue weighted by Crippen LogP contribution is -2.48. The second-order valence-electron chi connectivity index (χ2n) is 10.2. The molecule has 0 saturated heterocycles. The highest BCUT2D eigenvalue weighted by Crippen LogP contribution is 2.48. The van der Waals surface area contributed by atoms with Gasteiger partial charge < -0.3 is 4.74 Å². The van der Waals surface area contributed by atoms with E-state index in [0.29, 0.717) is 44.2 Å². The molecule has 0 amide bonds. The Labute approximate surface area is 221 Å². The Morgan fingerprint density at radius 2 is 1.62 bits per heavy atom. The summed E-state index contributed by atoms with van der Waals surface area (Å²) in [4.78, 5) is 12.4. The van der Waals surface area contributed by atoms with Crippen LogP contribution in [-0.4, -0.2) is 21.4 Å². The van der Waals surface area contributed by atoms with Gasteiger partial charge in [0, 0.05) is 5.41 Å².